The molecule has 4 heteroatoms. The Balaban J connectivity index is 2.51. The Bertz CT molecular complexity index is 355. The van der Waals surface area contributed by atoms with Crippen LogP contribution in [0.25, 0.3) is 6.08 Å². The molecule has 0 aliphatic rings. The van der Waals surface area contributed by atoms with Gasteiger partial charge in [-0.1, -0.05) is 12.2 Å². The molecule has 1 aromatic heterocycles. The maximum atomic E-state index is 10.5. The van der Waals surface area contributed by atoms with Gasteiger partial charge in [0.1, 0.15) is 0 Å². The van der Waals surface area contributed by atoms with E-state index in [1.165, 1.54) is 18.3 Å². The van der Waals surface area contributed by atoms with Crippen molar-refractivity contribution >= 4 is 29.6 Å². The highest BCUT2D eigenvalue weighted by molar-refractivity contribution is 7.11. The molecule has 0 unspecified atom stereocenters. The van der Waals surface area contributed by atoms with Gasteiger partial charge in [-0.2, -0.15) is 0 Å². The third-order valence-electron chi connectivity index (χ3n) is 1.60. The number of hydrogen-bond acceptors (Lipinski definition) is 3. The summed E-state index contributed by atoms with van der Waals surface area (Å²) < 4.78 is 0. The van der Waals surface area contributed by atoms with E-state index in [2.05, 4.69) is 5.32 Å². The molecule has 0 spiro atoms. The Morgan fingerprint density at radius 3 is 3.07 bits per heavy atom. The van der Waals surface area contributed by atoms with Gasteiger partial charge in [-0.3, -0.25) is 9.59 Å². The molecule has 0 aliphatic heterocycles. The van der Waals surface area contributed by atoms with Crippen LogP contribution >= 0.6 is 11.3 Å². The highest BCUT2D eigenvalue weighted by Gasteiger charge is 1.97. The van der Waals surface area contributed by atoms with Gasteiger partial charge in [-0.25, -0.2) is 0 Å². The minimum absolute atomic E-state index is 0.0596. The quantitative estimate of drug-likeness (QED) is 0.767. The number of aldehydes is 1. The van der Waals surface area contributed by atoms with Crippen molar-refractivity contribution in [1.29, 1.82) is 0 Å². The first-order valence-corrected chi connectivity index (χ1v) is 5.05. The van der Waals surface area contributed by atoms with Crippen molar-refractivity contribution in [3.05, 3.63) is 28.0 Å². The lowest BCUT2D eigenvalue weighted by molar-refractivity contribution is -0.118. The number of hydrogen-bond donors (Lipinski definition) is 1. The van der Waals surface area contributed by atoms with Gasteiger partial charge in [0.2, 0.25) is 5.91 Å². The third-order valence-corrected chi connectivity index (χ3v) is 2.46. The number of carbonyl (C=O) groups is 2. The largest absolute Gasteiger partial charge is 0.353 e. The Morgan fingerprint density at radius 1 is 1.64 bits per heavy atom. The molecule has 0 aromatic carbocycles. The molecular formula is C10H11NO2S. The second kappa shape index (κ2) is 5.34. The van der Waals surface area contributed by atoms with Crippen LogP contribution in [0, 0.1) is 0 Å². The second-order valence-corrected chi connectivity index (χ2v) is 3.65. The fourth-order valence-electron chi connectivity index (χ4n) is 0.953. The molecule has 0 radical (unpaired) electrons. The van der Waals surface area contributed by atoms with Crippen molar-refractivity contribution in [2.75, 3.05) is 6.54 Å². The van der Waals surface area contributed by atoms with Gasteiger partial charge < -0.3 is 5.32 Å². The van der Waals surface area contributed by atoms with E-state index in [0.29, 0.717) is 11.4 Å². The molecule has 1 aromatic rings. The van der Waals surface area contributed by atoms with E-state index in [0.717, 1.165) is 11.8 Å². The highest BCUT2D eigenvalue weighted by atomic mass is 32.1. The van der Waals surface area contributed by atoms with Gasteiger partial charge in [0.25, 0.3) is 0 Å². The Hall–Kier alpha value is -1.42. The van der Waals surface area contributed by atoms with Gasteiger partial charge in [-0.15, -0.1) is 11.3 Å². The van der Waals surface area contributed by atoms with Crippen LogP contribution in [0.5, 0.6) is 0 Å². The monoisotopic (exact) mass is 209 g/mol. The van der Waals surface area contributed by atoms with E-state index in [1.54, 1.807) is 0 Å². The van der Waals surface area contributed by atoms with Crippen LogP contribution < -0.4 is 5.32 Å². The summed E-state index contributed by atoms with van der Waals surface area (Å²) in [6.45, 7) is 1.96. The average Bonchev–Trinajstić information content (AvgIpc) is 2.59. The van der Waals surface area contributed by atoms with E-state index in [4.69, 9.17) is 0 Å². The summed E-state index contributed by atoms with van der Waals surface area (Å²) in [5, 5.41) is 4.50. The van der Waals surface area contributed by atoms with Crippen molar-refractivity contribution in [3.8, 4) is 0 Å². The van der Waals surface area contributed by atoms with Gasteiger partial charge >= 0.3 is 0 Å². The molecule has 0 saturated carbocycles. The van der Waals surface area contributed by atoms with Crippen molar-refractivity contribution in [2.45, 2.75) is 6.92 Å². The van der Waals surface area contributed by atoms with Crippen molar-refractivity contribution < 1.29 is 9.59 Å². The molecule has 1 amide bonds. The Labute approximate surface area is 86.4 Å². The normalized spacial score (nSPS) is 10.4. The molecule has 1 rings (SSSR count). The van der Waals surface area contributed by atoms with E-state index < -0.39 is 0 Å². The van der Waals surface area contributed by atoms with Gasteiger partial charge in [0.15, 0.2) is 6.29 Å². The molecule has 0 aliphatic carbocycles. The van der Waals surface area contributed by atoms with Crippen LogP contribution in [0.2, 0.25) is 0 Å². The summed E-state index contributed by atoms with van der Waals surface area (Å²) in [7, 11) is 0. The lowest BCUT2D eigenvalue weighted by Gasteiger charge is -1.94. The molecule has 74 valence electrons. The summed E-state index contributed by atoms with van der Waals surface area (Å²) >= 11 is 1.41. The maximum absolute atomic E-state index is 10.5. The molecule has 1 N–H and O–H groups in total. The second-order valence-electron chi connectivity index (χ2n) is 2.70. The summed E-state index contributed by atoms with van der Waals surface area (Å²) in [4.78, 5) is 21.8. The first-order valence-electron chi connectivity index (χ1n) is 4.17. The molecule has 14 heavy (non-hydrogen) atoms. The zero-order valence-corrected chi connectivity index (χ0v) is 8.64. The van der Waals surface area contributed by atoms with E-state index in [1.807, 2.05) is 23.6 Å². The Kier molecular flexibility index (Phi) is 4.07. The highest BCUT2D eigenvalue weighted by Crippen LogP contribution is 2.15. The molecule has 1 heterocycles. The van der Waals surface area contributed by atoms with Crippen LogP contribution in [0.4, 0.5) is 0 Å². The number of amides is 1. The van der Waals surface area contributed by atoms with Crippen LogP contribution in [-0.2, 0) is 4.79 Å². The summed E-state index contributed by atoms with van der Waals surface area (Å²) in [5.41, 5.74) is 0.898. The van der Waals surface area contributed by atoms with Crippen molar-refractivity contribution in [2.24, 2.45) is 0 Å². The van der Waals surface area contributed by atoms with Crippen molar-refractivity contribution in [3.63, 3.8) is 0 Å². The predicted molar refractivity (Wildman–Crippen MR) is 57.4 cm³/mol. The first-order chi connectivity index (χ1) is 6.74. The molecule has 0 saturated heterocycles. The molecular weight excluding hydrogens is 198 g/mol. The molecule has 0 bridgehead atoms. The lowest BCUT2D eigenvalue weighted by atomic mass is 10.2. The summed E-state index contributed by atoms with van der Waals surface area (Å²) in [5.74, 6) is -0.0596. The van der Waals surface area contributed by atoms with Crippen LogP contribution in [0.15, 0.2) is 17.5 Å². The average molecular weight is 209 g/mol. The van der Waals surface area contributed by atoms with Crippen LogP contribution in [-0.4, -0.2) is 18.7 Å². The number of thiophene rings is 1. The standard InChI is InChI=1S/C10H11NO2S/c1-8(13)11-5-2-3-9-4-6-14-10(9)7-12/h2-4,6-7H,5H2,1H3,(H,11,13). The van der Waals surface area contributed by atoms with E-state index in [9.17, 15) is 9.59 Å². The van der Waals surface area contributed by atoms with Gasteiger partial charge in [0, 0.05) is 13.5 Å². The Morgan fingerprint density at radius 2 is 2.43 bits per heavy atom. The first kappa shape index (κ1) is 10.7. The zero-order chi connectivity index (χ0) is 10.4. The third kappa shape index (κ3) is 3.14. The van der Waals surface area contributed by atoms with Crippen LogP contribution in [0.1, 0.15) is 22.2 Å². The van der Waals surface area contributed by atoms with Gasteiger partial charge in [0.05, 0.1) is 4.88 Å². The molecule has 0 fully saturated rings. The predicted octanol–water partition coefficient (Wildman–Crippen LogP) is 1.71. The smallest absolute Gasteiger partial charge is 0.217 e. The number of carbonyl (C=O) groups excluding carboxylic acids is 2. The lowest BCUT2D eigenvalue weighted by Crippen LogP contribution is -2.19. The van der Waals surface area contributed by atoms with E-state index in [-0.39, 0.29) is 5.91 Å². The molecule has 3 nitrogen and oxygen atoms in total. The fourth-order valence-corrected chi connectivity index (χ4v) is 1.64. The minimum Gasteiger partial charge on any atom is -0.353 e. The zero-order valence-electron chi connectivity index (χ0n) is 7.82. The van der Waals surface area contributed by atoms with Crippen molar-refractivity contribution in [1.82, 2.24) is 5.32 Å². The molecule has 0 atom stereocenters. The number of rotatable bonds is 4. The number of nitrogens with one attached hydrogen (secondary N) is 1. The van der Waals surface area contributed by atoms with Crippen LogP contribution in [0.3, 0.4) is 0 Å². The summed E-state index contributed by atoms with van der Waals surface area (Å²) in [6.07, 6.45) is 4.48. The summed E-state index contributed by atoms with van der Waals surface area (Å²) in [6, 6.07) is 1.87. The topological polar surface area (TPSA) is 46.2 Å². The van der Waals surface area contributed by atoms with Gasteiger partial charge in [-0.05, 0) is 17.0 Å². The SMILES string of the molecule is CC(=O)NCC=Cc1ccsc1C=O. The minimum atomic E-state index is -0.0596. The fraction of sp³-hybridized carbons (Fsp3) is 0.200. The van der Waals surface area contributed by atoms with E-state index >= 15 is 0 Å². The maximum Gasteiger partial charge on any atom is 0.217 e.